The number of rotatable bonds is 7. The quantitative estimate of drug-likeness (QED) is 0.617. The predicted molar refractivity (Wildman–Crippen MR) is 93.0 cm³/mol. The largest absolute Gasteiger partial charge is 0.492 e. The molecule has 0 radical (unpaired) electrons. The van der Waals surface area contributed by atoms with Gasteiger partial charge in [-0.1, -0.05) is 18.2 Å². The van der Waals surface area contributed by atoms with E-state index in [1.54, 1.807) is 0 Å². The number of Topliss-reactive ketones (excluding diaryl/α,β-unsaturated/α-hetero) is 1. The number of sulfonamides is 1. The molecule has 24 heavy (non-hydrogen) atoms. The molecule has 0 aromatic heterocycles. The lowest BCUT2D eigenvalue weighted by atomic mass is 10.1. The molecule has 0 bridgehead atoms. The Kier molecular flexibility index (Phi) is 5.75. The highest BCUT2D eigenvalue weighted by molar-refractivity contribution is 7.89. The van der Waals surface area contributed by atoms with Gasteiger partial charge < -0.3 is 4.74 Å². The molecule has 0 unspecified atom stereocenters. The van der Waals surface area contributed by atoms with Crippen molar-refractivity contribution in [1.29, 1.82) is 0 Å². The standard InChI is InChI=1S/C18H21NO4S/c1-13-10-14(2)12-17(11-13)23-9-8-19-24(21,22)18-6-4-16(5-7-18)15(3)20/h4-7,10-12,19H,8-9H2,1-3H3. The number of nitrogens with one attached hydrogen (secondary N) is 1. The van der Waals surface area contributed by atoms with Gasteiger partial charge in [0.1, 0.15) is 12.4 Å². The average molecular weight is 347 g/mol. The van der Waals surface area contributed by atoms with Gasteiger partial charge >= 0.3 is 0 Å². The normalized spacial score (nSPS) is 11.3. The minimum absolute atomic E-state index is 0.103. The summed E-state index contributed by atoms with van der Waals surface area (Å²) in [5.74, 6) is 0.617. The van der Waals surface area contributed by atoms with Crippen LogP contribution in [0.1, 0.15) is 28.4 Å². The second kappa shape index (κ2) is 7.59. The molecular formula is C18H21NO4S. The smallest absolute Gasteiger partial charge is 0.240 e. The highest BCUT2D eigenvalue weighted by atomic mass is 32.2. The summed E-state index contributed by atoms with van der Waals surface area (Å²) in [5.41, 5.74) is 2.67. The van der Waals surface area contributed by atoms with Crippen LogP contribution >= 0.6 is 0 Å². The summed E-state index contributed by atoms with van der Waals surface area (Å²) in [6, 6.07) is 11.7. The van der Waals surface area contributed by atoms with Crippen molar-refractivity contribution in [3.63, 3.8) is 0 Å². The van der Waals surface area contributed by atoms with Crippen LogP contribution in [0.15, 0.2) is 47.4 Å². The zero-order chi connectivity index (χ0) is 17.7. The molecule has 5 nitrogen and oxygen atoms in total. The molecule has 2 aromatic carbocycles. The molecule has 0 heterocycles. The molecule has 0 aliphatic carbocycles. The van der Waals surface area contributed by atoms with E-state index in [1.165, 1.54) is 31.2 Å². The summed E-state index contributed by atoms with van der Waals surface area (Å²) in [6.45, 7) is 5.78. The van der Waals surface area contributed by atoms with E-state index >= 15 is 0 Å². The molecule has 0 aliphatic heterocycles. The van der Waals surface area contributed by atoms with E-state index in [2.05, 4.69) is 4.72 Å². The Labute approximate surface area is 142 Å². The lowest BCUT2D eigenvalue weighted by Crippen LogP contribution is -2.28. The summed E-state index contributed by atoms with van der Waals surface area (Å²) in [7, 11) is -3.61. The fourth-order valence-corrected chi connectivity index (χ4v) is 3.33. The van der Waals surface area contributed by atoms with Crippen LogP contribution in [0.5, 0.6) is 5.75 Å². The molecule has 0 saturated heterocycles. The van der Waals surface area contributed by atoms with Crippen molar-refractivity contribution in [3.8, 4) is 5.75 Å². The molecule has 0 aliphatic rings. The number of carbonyl (C=O) groups is 1. The molecule has 1 N–H and O–H groups in total. The highest BCUT2D eigenvalue weighted by Gasteiger charge is 2.13. The molecule has 0 fully saturated rings. The fourth-order valence-electron chi connectivity index (χ4n) is 2.31. The minimum Gasteiger partial charge on any atom is -0.492 e. The molecule has 128 valence electrons. The summed E-state index contributed by atoms with van der Waals surface area (Å²) in [4.78, 5) is 11.3. The number of hydrogen-bond donors (Lipinski definition) is 1. The molecule has 0 amide bonds. The summed E-state index contributed by atoms with van der Waals surface area (Å²) in [5, 5.41) is 0. The SMILES string of the molecule is CC(=O)c1ccc(S(=O)(=O)NCCOc2cc(C)cc(C)c2)cc1. The second-order valence-corrected chi connectivity index (χ2v) is 7.42. The van der Waals surface area contributed by atoms with Crippen molar-refractivity contribution in [2.24, 2.45) is 0 Å². The van der Waals surface area contributed by atoms with Gasteiger partial charge in [0.15, 0.2) is 5.78 Å². The Hall–Kier alpha value is -2.18. The van der Waals surface area contributed by atoms with Crippen LogP contribution in [0.3, 0.4) is 0 Å². The monoisotopic (exact) mass is 347 g/mol. The first-order valence-corrected chi connectivity index (χ1v) is 9.08. The van der Waals surface area contributed by atoms with Gasteiger partial charge in [-0.15, -0.1) is 0 Å². The Bertz CT molecular complexity index is 806. The maximum atomic E-state index is 12.2. The van der Waals surface area contributed by atoms with Crippen LogP contribution in [0.25, 0.3) is 0 Å². The van der Waals surface area contributed by atoms with Crippen LogP contribution in [0.2, 0.25) is 0 Å². The zero-order valence-corrected chi connectivity index (χ0v) is 14.8. The molecule has 2 rings (SSSR count). The van der Waals surface area contributed by atoms with E-state index in [0.717, 1.165) is 16.9 Å². The van der Waals surface area contributed by atoms with Crippen LogP contribution in [-0.4, -0.2) is 27.4 Å². The first-order valence-electron chi connectivity index (χ1n) is 7.60. The number of aryl methyl sites for hydroxylation is 2. The van der Waals surface area contributed by atoms with Crippen LogP contribution in [-0.2, 0) is 10.0 Å². The number of carbonyl (C=O) groups excluding carboxylic acids is 1. The predicted octanol–water partition coefficient (Wildman–Crippen LogP) is 2.86. The van der Waals surface area contributed by atoms with E-state index < -0.39 is 10.0 Å². The van der Waals surface area contributed by atoms with Gasteiger partial charge in [0.25, 0.3) is 0 Å². The third kappa shape index (κ3) is 4.91. The van der Waals surface area contributed by atoms with E-state index in [4.69, 9.17) is 4.74 Å². The molecule has 0 atom stereocenters. The number of ether oxygens (including phenoxy) is 1. The topological polar surface area (TPSA) is 72.5 Å². The highest BCUT2D eigenvalue weighted by Crippen LogP contribution is 2.16. The van der Waals surface area contributed by atoms with Gasteiger partial charge in [-0.2, -0.15) is 0 Å². The lowest BCUT2D eigenvalue weighted by Gasteiger charge is -2.10. The number of ketones is 1. The first kappa shape index (κ1) is 18.2. The van der Waals surface area contributed by atoms with E-state index in [0.29, 0.717) is 5.56 Å². The van der Waals surface area contributed by atoms with Gasteiger partial charge in [-0.05, 0) is 56.2 Å². The van der Waals surface area contributed by atoms with Crippen molar-refractivity contribution >= 4 is 15.8 Å². The molecular weight excluding hydrogens is 326 g/mol. The van der Waals surface area contributed by atoms with Crippen LogP contribution < -0.4 is 9.46 Å². The van der Waals surface area contributed by atoms with Crippen molar-refractivity contribution in [1.82, 2.24) is 4.72 Å². The summed E-state index contributed by atoms with van der Waals surface area (Å²) < 4.78 is 32.4. The average Bonchev–Trinajstić information content (AvgIpc) is 2.51. The third-order valence-corrected chi connectivity index (χ3v) is 4.91. The fraction of sp³-hybridized carbons (Fsp3) is 0.278. The minimum atomic E-state index is -3.61. The van der Waals surface area contributed by atoms with Gasteiger partial charge in [0, 0.05) is 12.1 Å². The second-order valence-electron chi connectivity index (χ2n) is 5.65. The van der Waals surface area contributed by atoms with Gasteiger partial charge in [0.05, 0.1) is 4.90 Å². The van der Waals surface area contributed by atoms with E-state index in [1.807, 2.05) is 32.0 Å². The van der Waals surface area contributed by atoms with Crippen LogP contribution in [0.4, 0.5) is 0 Å². The lowest BCUT2D eigenvalue weighted by molar-refractivity contribution is 0.101. The molecule has 2 aromatic rings. The first-order chi connectivity index (χ1) is 11.3. The molecule has 0 saturated carbocycles. The van der Waals surface area contributed by atoms with Crippen molar-refractivity contribution in [2.45, 2.75) is 25.7 Å². The summed E-state index contributed by atoms with van der Waals surface area (Å²) in [6.07, 6.45) is 0. The summed E-state index contributed by atoms with van der Waals surface area (Å²) >= 11 is 0. The maximum Gasteiger partial charge on any atom is 0.240 e. The van der Waals surface area contributed by atoms with Gasteiger partial charge in [-0.25, -0.2) is 13.1 Å². The Morgan fingerprint density at radius 3 is 2.17 bits per heavy atom. The molecule has 0 spiro atoms. The molecule has 6 heteroatoms. The Morgan fingerprint density at radius 1 is 1.04 bits per heavy atom. The third-order valence-electron chi connectivity index (χ3n) is 3.43. The van der Waals surface area contributed by atoms with E-state index in [9.17, 15) is 13.2 Å². The van der Waals surface area contributed by atoms with E-state index in [-0.39, 0.29) is 23.8 Å². The number of hydrogen-bond acceptors (Lipinski definition) is 4. The van der Waals surface area contributed by atoms with Crippen molar-refractivity contribution < 1.29 is 17.9 Å². The zero-order valence-electron chi connectivity index (χ0n) is 14.0. The Morgan fingerprint density at radius 2 is 1.62 bits per heavy atom. The Balaban J connectivity index is 1.91. The van der Waals surface area contributed by atoms with Crippen LogP contribution in [0, 0.1) is 13.8 Å². The van der Waals surface area contributed by atoms with Gasteiger partial charge in [-0.3, -0.25) is 4.79 Å². The maximum absolute atomic E-state index is 12.2. The van der Waals surface area contributed by atoms with Gasteiger partial charge in [0.2, 0.25) is 10.0 Å². The number of benzene rings is 2. The van der Waals surface area contributed by atoms with Crippen molar-refractivity contribution in [3.05, 3.63) is 59.2 Å². The van der Waals surface area contributed by atoms with Crippen molar-refractivity contribution in [2.75, 3.05) is 13.2 Å².